The van der Waals surface area contributed by atoms with Gasteiger partial charge >= 0.3 is 0 Å². The van der Waals surface area contributed by atoms with Crippen molar-refractivity contribution in [3.63, 3.8) is 0 Å². The van der Waals surface area contributed by atoms with Crippen molar-refractivity contribution in [3.05, 3.63) is 39.7 Å². The lowest BCUT2D eigenvalue weighted by Gasteiger charge is -2.21. The van der Waals surface area contributed by atoms with E-state index in [1.807, 2.05) is 13.8 Å². The maximum absolute atomic E-state index is 13.2. The first-order valence-corrected chi connectivity index (χ1v) is 6.61. The molecule has 0 fully saturated rings. The van der Waals surface area contributed by atoms with Gasteiger partial charge in [0.15, 0.2) is 0 Å². The topological polar surface area (TPSA) is 55.2 Å². The number of nitrogens with zero attached hydrogens (tertiary/aromatic N) is 1. The summed E-state index contributed by atoms with van der Waals surface area (Å²) in [6.45, 7) is 7.06. The predicted octanol–water partition coefficient (Wildman–Crippen LogP) is 3.30. The number of hydrogen-bond acceptors (Lipinski definition) is 3. The largest absolute Gasteiger partial charge is 0.314 e. The third-order valence-corrected chi connectivity index (χ3v) is 3.35. The van der Waals surface area contributed by atoms with Gasteiger partial charge in [-0.3, -0.25) is 10.1 Å². The Kier molecular flexibility index (Phi) is 5.89. The van der Waals surface area contributed by atoms with Gasteiger partial charge < -0.3 is 5.32 Å². The van der Waals surface area contributed by atoms with Crippen molar-refractivity contribution in [2.45, 2.75) is 39.7 Å². The van der Waals surface area contributed by atoms with E-state index >= 15 is 0 Å². The molecule has 0 saturated heterocycles. The summed E-state index contributed by atoms with van der Waals surface area (Å²) in [7, 11) is 0. The van der Waals surface area contributed by atoms with E-state index in [0.29, 0.717) is 12.0 Å². The molecule has 2 atom stereocenters. The highest BCUT2D eigenvalue weighted by Gasteiger charge is 2.19. The van der Waals surface area contributed by atoms with Crippen LogP contribution in [-0.4, -0.2) is 17.5 Å². The zero-order chi connectivity index (χ0) is 14.4. The molecule has 0 aromatic heterocycles. The number of benzene rings is 1. The van der Waals surface area contributed by atoms with Gasteiger partial charge in [0.2, 0.25) is 0 Å². The average Bonchev–Trinajstić information content (AvgIpc) is 2.35. The van der Waals surface area contributed by atoms with Gasteiger partial charge in [0.25, 0.3) is 5.69 Å². The minimum atomic E-state index is -0.453. The molecule has 1 aromatic rings. The Labute approximate surface area is 113 Å². The van der Waals surface area contributed by atoms with E-state index in [9.17, 15) is 14.5 Å². The molecule has 0 aliphatic heterocycles. The molecule has 2 unspecified atom stereocenters. The second kappa shape index (κ2) is 7.19. The molecular weight excluding hydrogens is 247 g/mol. The van der Waals surface area contributed by atoms with Gasteiger partial charge in [0.1, 0.15) is 5.82 Å². The van der Waals surface area contributed by atoms with Crippen molar-refractivity contribution in [2.75, 3.05) is 6.54 Å². The molecule has 0 bridgehead atoms. The van der Waals surface area contributed by atoms with E-state index in [1.165, 1.54) is 12.1 Å². The summed E-state index contributed by atoms with van der Waals surface area (Å²) >= 11 is 0. The summed E-state index contributed by atoms with van der Waals surface area (Å²) in [5, 5.41) is 14.3. The lowest BCUT2D eigenvalue weighted by atomic mass is 9.94. The highest BCUT2D eigenvalue weighted by molar-refractivity contribution is 5.40. The summed E-state index contributed by atoms with van der Waals surface area (Å²) in [5.41, 5.74) is 0.457. The van der Waals surface area contributed by atoms with Gasteiger partial charge in [-0.25, -0.2) is 4.39 Å². The molecule has 0 radical (unpaired) electrons. The van der Waals surface area contributed by atoms with Crippen LogP contribution in [0.1, 0.15) is 32.8 Å². The molecule has 0 heterocycles. The van der Waals surface area contributed by atoms with E-state index in [2.05, 4.69) is 12.2 Å². The molecule has 19 heavy (non-hydrogen) atoms. The fourth-order valence-corrected chi connectivity index (χ4v) is 1.99. The maximum atomic E-state index is 13.2. The van der Waals surface area contributed by atoms with E-state index in [0.717, 1.165) is 19.0 Å². The fourth-order valence-electron chi connectivity index (χ4n) is 1.99. The Bertz CT molecular complexity index is 437. The molecule has 0 saturated carbocycles. The monoisotopic (exact) mass is 268 g/mol. The highest BCUT2D eigenvalue weighted by Crippen LogP contribution is 2.23. The summed E-state index contributed by atoms with van der Waals surface area (Å²) in [6.07, 6.45) is 1.53. The van der Waals surface area contributed by atoms with Gasteiger partial charge in [0, 0.05) is 17.7 Å². The Morgan fingerprint density at radius 1 is 1.42 bits per heavy atom. The molecular formula is C14H21FN2O2. The number of hydrogen-bond donors (Lipinski definition) is 1. The van der Waals surface area contributed by atoms with E-state index in [1.54, 1.807) is 0 Å². The number of nitrogens with one attached hydrogen (secondary N) is 1. The lowest BCUT2D eigenvalue weighted by Crippen LogP contribution is -2.33. The second-order valence-electron chi connectivity index (χ2n) is 4.95. The maximum Gasteiger partial charge on any atom is 0.272 e. The van der Waals surface area contributed by atoms with Crippen LogP contribution in [0.25, 0.3) is 0 Å². The number of nitro groups is 1. The van der Waals surface area contributed by atoms with Crippen LogP contribution in [0.2, 0.25) is 0 Å². The molecule has 1 rings (SSSR count). The molecule has 1 N–H and O–H groups in total. The van der Waals surface area contributed by atoms with Crippen LogP contribution in [0.5, 0.6) is 0 Å². The van der Waals surface area contributed by atoms with Crippen LogP contribution in [0, 0.1) is 21.8 Å². The van der Waals surface area contributed by atoms with Crippen LogP contribution in [0.3, 0.4) is 0 Å². The molecule has 0 aliphatic carbocycles. The molecule has 106 valence electrons. The van der Waals surface area contributed by atoms with E-state index < -0.39 is 10.7 Å². The Morgan fingerprint density at radius 2 is 2.11 bits per heavy atom. The molecule has 1 aromatic carbocycles. The summed E-state index contributed by atoms with van der Waals surface area (Å²) in [5.74, 6) is -0.228. The number of halogens is 1. The third kappa shape index (κ3) is 4.59. The lowest BCUT2D eigenvalue weighted by molar-refractivity contribution is -0.385. The SMILES string of the molecule is CCCNC(C)C(C)Cc1cc(F)ccc1[N+](=O)[O-]. The predicted molar refractivity (Wildman–Crippen MR) is 73.7 cm³/mol. The molecule has 0 spiro atoms. The molecule has 5 heteroatoms. The van der Waals surface area contributed by atoms with Crippen molar-refractivity contribution < 1.29 is 9.31 Å². The van der Waals surface area contributed by atoms with Crippen molar-refractivity contribution in [1.82, 2.24) is 5.32 Å². The molecule has 0 amide bonds. The molecule has 4 nitrogen and oxygen atoms in total. The van der Waals surface area contributed by atoms with E-state index in [-0.39, 0.29) is 17.6 Å². The number of rotatable bonds is 7. The summed E-state index contributed by atoms with van der Waals surface area (Å²) < 4.78 is 13.2. The first-order valence-electron chi connectivity index (χ1n) is 6.61. The first kappa shape index (κ1) is 15.6. The second-order valence-corrected chi connectivity index (χ2v) is 4.95. The van der Waals surface area contributed by atoms with Crippen LogP contribution in [-0.2, 0) is 6.42 Å². The zero-order valence-electron chi connectivity index (χ0n) is 11.6. The van der Waals surface area contributed by atoms with Crippen molar-refractivity contribution in [1.29, 1.82) is 0 Å². The van der Waals surface area contributed by atoms with Gasteiger partial charge in [-0.05, 0) is 44.4 Å². The van der Waals surface area contributed by atoms with Crippen LogP contribution in [0.4, 0.5) is 10.1 Å². The van der Waals surface area contributed by atoms with Gasteiger partial charge in [-0.1, -0.05) is 13.8 Å². The van der Waals surface area contributed by atoms with Crippen molar-refractivity contribution in [3.8, 4) is 0 Å². The Morgan fingerprint density at radius 3 is 2.68 bits per heavy atom. The minimum Gasteiger partial charge on any atom is -0.314 e. The normalized spacial score (nSPS) is 14.1. The van der Waals surface area contributed by atoms with Crippen LogP contribution in [0.15, 0.2) is 18.2 Å². The Balaban J connectivity index is 2.80. The van der Waals surface area contributed by atoms with Gasteiger partial charge in [0.05, 0.1) is 4.92 Å². The highest BCUT2D eigenvalue weighted by atomic mass is 19.1. The zero-order valence-corrected chi connectivity index (χ0v) is 11.6. The quantitative estimate of drug-likeness (QED) is 0.609. The first-order chi connectivity index (χ1) is 8.95. The van der Waals surface area contributed by atoms with Crippen molar-refractivity contribution in [2.24, 2.45) is 5.92 Å². The standard InChI is InChI=1S/C14H21FN2O2/c1-4-7-16-11(3)10(2)8-12-9-13(15)5-6-14(12)17(18)19/h5-6,9-11,16H,4,7-8H2,1-3H3. The van der Waals surface area contributed by atoms with Crippen molar-refractivity contribution >= 4 is 5.69 Å². The summed E-state index contributed by atoms with van der Waals surface area (Å²) in [6, 6.07) is 3.87. The van der Waals surface area contributed by atoms with Gasteiger partial charge in [-0.2, -0.15) is 0 Å². The third-order valence-electron chi connectivity index (χ3n) is 3.35. The summed E-state index contributed by atoms with van der Waals surface area (Å²) in [4.78, 5) is 10.5. The smallest absolute Gasteiger partial charge is 0.272 e. The minimum absolute atomic E-state index is 0.00376. The van der Waals surface area contributed by atoms with E-state index in [4.69, 9.17) is 0 Å². The number of nitro benzene ring substituents is 1. The average molecular weight is 268 g/mol. The molecule has 0 aliphatic rings. The van der Waals surface area contributed by atoms with Gasteiger partial charge in [-0.15, -0.1) is 0 Å². The fraction of sp³-hybridized carbons (Fsp3) is 0.571. The Hall–Kier alpha value is -1.49. The van der Waals surface area contributed by atoms with Crippen LogP contribution < -0.4 is 5.32 Å². The van der Waals surface area contributed by atoms with Crippen LogP contribution >= 0.6 is 0 Å².